The number of halogens is 1. The second kappa shape index (κ2) is 6.17. The molecule has 0 N–H and O–H groups in total. The number of carbonyl (C=O) groups is 2. The minimum absolute atomic E-state index is 0.160. The molecule has 1 aromatic carbocycles. The van der Waals surface area contributed by atoms with E-state index in [1.165, 1.54) is 0 Å². The summed E-state index contributed by atoms with van der Waals surface area (Å²) in [5.74, 6) is -0.380. The van der Waals surface area contributed by atoms with E-state index in [0.29, 0.717) is 5.02 Å². The third-order valence-electron chi connectivity index (χ3n) is 6.30. The number of hydrogen-bond acceptors (Lipinski definition) is 3. The molecular weight excluding hydrogens is 374 g/mol. The summed E-state index contributed by atoms with van der Waals surface area (Å²) in [6.45, 7) is 3.99. The number of amides is 2. The van der Waals surface area contributed by atoms with Crippen LogP contribution in [0.25, 0.3) is 5.69 Å². The van der Waals surface area contributed by atoms with E-state index < -0.39 is 0 Å². The van der Waals surface area contributed by atoms with Gasteiger partial charge in [0.25, 0.3) is 11.8 Å². The van der Waals surface area contributed by atoms with E-state index in [-0.39, 0.29) is 35.5 Å². The molecule has 1 saturated carbocycles. The van der Waals surface area contributed by atoms with Crippen LogP contribution >= 0.6 is 11.6 Å². The fourth-order valence-electron chi connectivity index (χ4n) is 5.05. The number of rotatable bonds is 3. The lowest BCUT2D eigenvalue weighted by Crippen LogP contribution is -2.28. The van der Waals surface area contributed by atoms with Gasteiger partial charge in [-0.05, 0) is 56.4 Å². The second-order valence-electron chi connectivity index (χ2n) is 7.87. The Labute approximate surface area is 168 Å². The van der Waals surface area contributed by atoms with Gasteiger partial charge in [0.2, 0.25) is 0 Å². The molecule has 6 heteroatoms. The molecule has 4 atom stereocenters. The number of hydrogen-bond donors (Lipinski definition) is 0. The average Bonchev–Trinajstić information content (AvgIpc) is 3.39. The van der Waals surface area contributed by atoms with E-state index >= 15 is 0 Å². The van der Waals surface area contributed by atoms with Crippen molar-refractivity contribution < 1.29 is 9.59 Å². The van der Waals surface area contributed by atoms with Crippen LogP contribution in [0.1, 0.15) is 23.4 Å². The molecule has 142 valence electrons. The van der Waals surface area contributed by atoms with E-state index in [0.717, 1.165) is 34.1 Å². The van der Waals surface area contributed by atoms with Gasteiger partial charge in [0.15, 0.2) is 0 Å². The minimum Gasteiger partial charge on any atom is -0.318 e. The Hall–Kier alpha value is -2.66. The third-order valence-corrected chi connectivity index (χ3v) is 6.53. The molecule has 2 bridgehead atoms. The molecule has 0 radical (unpaired) electrons. The first kappa shape index (κ1) is 17.4. The molecule has 2 amide bonds. The zero-order chi connectivity index (χ0) is 19.6. The Balaban J connectivity index is 1.45. The third kappa shape index (κ3) is 2.42. The van der Waals surface area contributed by atoms with Crippen molar-refractivity contribution in [2.75, 3.05) is 0 Å². The van der Waals surface area contributed by atoms with Crippen molar-refractivity contribution in [3.05, 3.63) is 64.5 Å². The maximum Gasteiger partial charge on any atom is 0.254 e. The van der Waals surface area contributed by atoms with Crippen LogP contribution in [0.4, 0.5) is 0 Å². The molecule has 1 aliphatic heterocycles. The zero-order valence-electron chi connectivity index (χ0n) is 15.7. The topological polar surface area (TPSA) is 54.7 Å². The SMILES string of the molecule is Cc1cc(C=NN2C(=O)C3C4C=CC(C4)C3C2=O)c(C)n1-c1cccc(Cl)c1. The van der Waals surface area contributed by atoms with Gasteiger partial charge in [-0.1, -0.05) is 29.8 Å². The summed E-state index contributed by atoms with van der Waals surface area (Å²) >= 11 is 6.13. The zero-order valence-corrected chi connectivity index (χ0v) is 16.4. The maximum atomic E-state index is 12.8. The highest BCUT2D eigenvalue weighted by atomic mass is 35.5. The summed E-state index contributed by atoms with van der Waals surface area (Å²) in [4.78, 5) is 25.5. The highest BCUT2D eigenvalue weighted by molar-refractivity contribution is 6.30. The Morgan fingerprint density at radius 2 is 1.75 bits per heavy atom. The number of carbonyl (C=O) groups excluding carboxylic acids is 2. The first-order chi connectivity index (χ1) is 13.5. The molecule has 2 aromatic rings. The normalized spacial score (nSPS) is 28.2. The lowest BCUT2D eigenvalue weighted by molar-refractivity contribution is -0.140. The molecule has 2 heterocycles. The number of aromatic nitrogens is 1. The summed E-state index contributed by atoms with van der Waals surface area (Å²) in [5.41, 5.74) is 3.84. The largest absolute Gasteiger partial charge is 0.318 e. The molecule has 2 fully saturated rings. The Bertz CT molecular complexity index is 1040. The van der Waals surface area contributed by atoms with Gasteiger partial charge in [0.05, 0.1) is 18.1 Å². The van der Waals surface area contributed by atoms with Crippen molar-refractivity contribution in [3.8, 4) is 5.69 Å². The summed E-state index contributed by atoms with van der Waals surface area (Å²) in [7, 11) is 0. The highest BCUT2D eigenvalue weighted by Crippen LogP contribution is 2.52. The van der Waals surface area contributed by atoms with Crippen LogP contribution in [-0.2, 0) is 9.59 Å². The van der Waals surface area contributed by atoms with Gasteiger partial charge in [-0.25, -0.2) is 0 Å². The fraction of sp³-hybridized carbons (Fsp3) is 0.318. The van der Waals surface area contributed by atoms with Crippen LogP contribution in [0.2, 0.25) is 5.02 Å². The van der Waals surface area contributed by atoms with E-state index in [1.807, 2.05) is 44.2 Å². The van der Waals surface area contributed by atoms with Gasteiger partial charge in [0.1, 0.15) is 0 Å². The van der Waals surface area contributed by atoms with E-state index in [4.69, 9.17) is 11.6 Å². The molecule has 1 saturated heterocycles. The van der Waals surface area contributed by atoms with Crippen LogP contribution in [0.15, 0.2) is 47.6 Å². The first-order valence-electron chi connectivity index (χ1n) is 9.50. The van der Waals surface area contributed by atoms with Crippen molar-refractivity contribution in [1.82, 2.24) is 9.58 Å². The average molecular weight is 394 g/mol. The Morgan fingerprint density at radius 1 is 1.07 bits per heavy atom. The van der Waals surface area contributed by atoms with Crippen molar-refractivity contribution in [3.63, 3.8) is 0 Å². The van der Waals surface area contributed by atoms with Gasteiger partial charge < -0.3 is 4.57 Å². The predicted octanol–water partition coefficient (Wildman–Crippen LogP) is 3.89. The Morgan fingerprint density at radius 3 is 2.39 bits per heavy atom. The van der Waals surface area contributed by atoms with Crippen molar-refractivity contribution in [2.45, 2.75) is 20.3 Å². The highest BCUT2D eigenvalue weighted by Gasteiger charge is 2.59. The van der Waals surface area contributed by atoms with E-state index in [2.05, 4.69) is 21.8 Å². The molecule has 5 nitrogen and oxygen atoms in total. The molecule has 0 spiro atoms. The summed E-state index contributed by atoms with van der Waals surface area (Å²) in [6, 6.07) is 9.64. The predicted molar refractivity (Wildman–Crippen MR) is 107 cm³/mol. The van der Waals surface area contributed by atoms with Gasteiger partial charge in [-0.15, -0.1) is 0 Å². The lowest BCUT2D eigenvalue weighted by Gasteiger charge is -2.13. The summed E-state index contributed by atoms with van der Waals surface area (Å²) < 4.78 is 2.08. The van der Waals surface area contributed by atoms with Crippen LogP contribution in [0.5, 0.6) is 0 Å². The second-order valence-corrected chi connectivity index (χ2v) is 8.31. The van der Waals surface area contributed by atoms with E-state index in [1.54, 1.807) is 6.21 Å². The summed E-state index contributed by atoms with van der Waals surface area (Å²) in [5, 5.41) is 6.06. The number of hydrazone groups is 1. The number of benzene rings is 1. The minimum atomic E-state index is -0.224. The molecule has 28 heavy (non-hydrogen) atoms. The summed E-state index contributed by atoms with van der Waals surface area (Å²) in [6.07, 6.45) is 6.71. The van der Waals surface area contributed by atoms with Crippen molar-refractivity contribution in [2.24, 2.45) is 28.8 Å². The quantitative estimate of drug-likeness (QED) is 0.451. The lowest BCUT2D eigenvalue weighted by atomic mass is 9.85. The maximum absolute atomic E-state index is 12.8. The molecule has 4 unspecified atom stereocenters. The first-order valence-corrected chi connectivity index (χ1v) is 9.88. The van der Waals surface area contributed by atoms with Crippen molar-refractivity contribution >= 4 is 29.6 Å². The van der Waals surface area contributed by atoms with Crippen LogP contribution in [-0.4, -0.2) is 27.6 Å². The number of allylic oxidation sites excluding steroid dienone is 2. The number of imide groups is 1. The smallest absolute Gasteiger partial charge is 0.254 e. The Kier molecular flexibility index (Phi) is 3.85. The van der Waals surface area contributed by atoms with Crippen molar-refractivity contribution in [1.29, 1.82) is 0 Å². The standard InChI is InChI=1S/C22H20ClN3O2/c1-12-8-16(13(2)25(12)18-5-3-4-17(23)10-18)11-24-26-21(27)19-14-6-7-15(9-14)20(19)22(26)28/h3-8,10-11,14-15,19-20H,9H2,1-2H3. The van der Waals surface area contributed by atoms with E-state index in [9.17, 15) is 9.59 Å². The van der Waals surface area contributed by atoms with Gasteiger partial charge in [0, 0.05) is 27.7 Å². The molecular formula is C22H20ClN3O2. The van der Waals surface area contributed by atoms with Gasteiger partial charge >= 0.3 is 0 Å². The van der Waals surface area contributed by atoms with Crippen LogP contribution in [0, 0.1) is 37.5 Å². The number of nitrogens with zero attached hydrogens (tertiary/aromatic N) is 3. The number of aryl methyl sites for hydroxylation is 1. The van der Waals surface area contributed by atoms with Gasteiger partial charge in [-0.3, -0.25) is 9.59 Å². The molecule has 1 aromatic heterocycles. The monoisotopic (exact) mass is 393 g/mol. The molecule has 5 rings (SSSR count). The van der Waals surface area contributed by atoms with Gasteiger partial charge in [-0.2, -0.15) is 10.1 Å². The van der Waals surface area contributed by atoms with Crippen LogP contribution < -0.4 is 0 Å². The molecule has 3 aliphatic rings. The fourth-order valence-corrected chi connectivity index (χ4v) is 5.24. The van der Waals surface area contributed by atoms with Crippen LogP contribution in [0.3, 0.4) is 0 Å². The number of fused-ring (bicyclic) bond motifs is 5. The molecule has 2 aliphatic carbocycles.